The highest BCUT2D eigenvalue weighted by Gasteiger charge is 2.28. The van der Waals surface area contributed by atoms with Crippen LogP contribution in [0.25, 0.3) is 0 Å². The molecule has 0 spiro atoms. The van der Waals surface area contributed by atoms with Crippen molar-refractivity contribution < 1.29 is 19.3 Å². The number of ether oxygens (including phenoxy) is 3. The zero-order valence-corrected chi connectivity index (χ0v) is 13.2. The smallest absolute Gasteiger partial charge is 0.188 e. The van der Waals surface area contributed by atoms with Crippen LogP contribution in [-0.4, -0.2) is 32.7 Å². The van der Waals surface area contributed by atoms with Crippen LogP contribution in [0.3, 0.4) is 0 Å². The summed E-state index contributed by atoms with van der Waals surface area (Å²) in [5.74, 6) is 1.54. The minimum atomic E-state index is -0.480. The molecule has 0 aliphatic heterocycles. The molecule has 0 heterocycles. The van der Waals surface area contributed by atoms with Crippen molar-refractivity contribution in [1.82, 2.24) is 0 Å². The summed E-state index contributed by atoms with van der Waals surface area (Å²) in [6, 6.07) is 15.4. The first-order chi connectivity index (χ1) is 10.6. The maximum absolute atomic E-state index is 9.95. The first-order valence-corrected chi connectivity index (χ1v) is 7.11. The van der Waals surface area contributed by atoms with Crippen molar-refractivity contribution in [2.75, 3.05) is 27.6 Å². The Kier molecular flexibility index (Phi) is 5.41. The van der Waals surface area contributed by atoms with Crippen LogP contribution in [0.15, 0.2) is 48.5 Å². The zero-order valence-electron chi connectivity index (χ0n) is 13.2. The molecule has 1 atom stereocenters. The van der Waals surface area contributed by atoms with Crippen molar-refractivity contribution >= 4 is 0 Å². The minimum absolute atomic E-state index is 0.0115. The van der Waals surface area contributed by atoms with Crippen LogP contribution >= 0.6 is 0 Å². The van der Waals surface area contributed by atoms with Crippen LogP contribution in [0.4, 0.5) is 0 Å². The molecule has 2 rings (SSSR count). The molecule has 4 heteroatoms. The van der Waals surface area contributed by atoms with Gasteiger partial charge in [-0.1, -0.05) is 24.3 Å². The van der Waals surface area contributed by atoms with E-state index in [-0.39, 0.29) is 13.4 Å². The number of aliphatic hydroxyl groups excluding tert-OH is 1. The summed E-state index contributed by atoms with van der Waals surface area (Å²) in [5.41, 5.74) is 1.57. The van der Waals surface area contributed by atoms with E-state index in [1.54, 1.807) is 14.2 Å². The normalized spacial score (nSPS) is 13.5. The Balaban J connectivity index is 2.28. The Morgan fingerprint density at radius 2 is 1.36 bits per heavy atom. The number of hydrogen-bond donors (Lipinski definition) is 1. The van der Waals surface area contributed by atoms with Crippen molar-refractivity contribution in [3.8, 4) is 11.5 Å². The first-order valence-electron chi connectivity index (χ1n) is 7.11. The van der Waals surface area contributed by atoms with Crippen LogP contribution in [0.2, 0.25) is 0 Å². The highest BCUT2D eigenvalue weighted by Crippen LogP contribution is 2.33. The average Bonchev–Trinajstić information content (AvgIpc) is 2.59. The van der Waals surface area contributed by atoms with Gasteiger partial charge in [-0.25, -0.2) is 0 Å². The molecule has 2 aromatic carbocycles. The van der Waals surface area contributed by atoms with E-state index < -0.39 is 5.41 Å². The van der Waals surface area contributed by atoms with Gasteiger partial charge in [0.05, 0.1) is 13.7 Å². The molecular formula is C18H22O4. The molecule has 2 aromatic rings. The molecule has 0 saturated carbocycles. The second-order valence-electron chi connectivity index (χ2n) is 5.29. The third-order valence-electron chi connectivity index (χ3n) is 3.88. The third-order valence-corrected chi connectivity index (χ3v) is 3.88. The number of aliphatic hydroxyl groups is 1. The van der Waals surface area contributed by atoms with Gasteiger partial charge in [-0.15, -0.1) is 0 Å². The second kappa shape index (κ2) is 7.29. The van der Waals surface area contributed by atoms with E-state index in [4.69, 9.17) is 14.2 Å². The molecular weight excluding hydrogens is 280 g/mol. The summed E-state index contributed by atoms with van der Waals surface area (Å²) in [4.78, 5) is 0. The van der Waals surface area contributed by atoms with Gasteiger partial charge < -0.3 is 19.3 Å². The zero-order chi connectivity index (χ0) is 16.0. The summed E-state index contributed by atoms with van der Waals surface area (Å²) >= 11 is 0. The third kappa shape index (κ3) is 3.40. The molecule has 0 radical (unpaired) electrons. The van der Waals surface area contributed by atoms with E-state index >= 15 is 0 Å². The second-order valence-corrected chi connectivity index (χ2v) is 5.29. The van der Waals surface area contributed by atoms with Gasteiger partial charge in [0.2, 0.25) is 0 Å². The van der Waals surface area contributed by atoms with Crippen LogP contribution in [0.5, 0.6) is 11.5 Å². The highest BCUT2D eigenvalue weighted by molar-refractivity contribution is 5.42. The lowest BCUT2D eigenvalue weighted by molar-refractivity contribution is 0.0511. The Labute approximate surface area is 131 Å². The predicted molar refractivity (Wildman–Crippen MR) is 85.5 cm³/mol. The molecule has 0 aromatic heterocycles. The monoisotopic (exact) mass is 302 g/mol. The molecule has 22 heavy (non-hydrogen) atoms. The van der Waals surface area contributed by atoms with Crippen molar-refractivity contribution in [2.45, 2.75) is 12.3 Å². The van der Waals surface area contributed by atoms with Crippen LogP contribution in [-0.2, 0) is 10.2 Å². The fraction of sp³-hybridized carbons (Fsp3) is 0.333. The molecule has 0 bridgehead atoms. The van der Waals surface area contributed by atoms with E-state index in [2.05, 4.69) is 0 Å². The molecule has 0 aliphatic rings. The van der Waals surface area contributed by atoms with Crippen molar-refractivity contribution in [3.63, 3.8) is 0 Å². The van der Waals surface area contributed by atoms with Crippen LogP contribution in [0, 0.1) is 0 Å². The van der Waals surface area contributed by atoms with Crippen molar-refractivity contribution in [3.05, 3.63) is 59.7 Å². The van der Waals surface area contributed by atoms with Gasteiger partial charge in [0.15, 0.2) is 6.79 Å². The maximum atomic E-state index is 9.95. The summed E-state index contributed by atoms with van der Waals surface area (Å²) in [6.45, 7) is 2.24. The quantitative estimate of drug-likeness (QED) is 0.799. The Morgan fingerprint density at radius 1 is 0.864 bits per heavy atom. The largest absolute Gasteiger partial charge is 0.497 e. The molecule has 4 nitrogen and oxygen atoms in total. The number of rotatable bonds is 7. The lowest BCUT2D eigenvalue weighted by Gasteiger charge is -2.29. The van der Waals surface area contributed by atoms with Crippen LogP contribution in [0.1, 0.15) is 18.1 Å². The Morgan fingerprint density at radius 3 is 1.77 bits per heavy atom. The number of hydrogen-bond acceptors (Lipinski definition) is 4. The SMILES string of the molecule is COCOc1ccc(C(C)(CO)c2ccc(OC)cc2)cc1. The summed E-state index contributed by atoms with van der Waals surface area (Å²) < 4.78 is 15.5. The van der Waals surface area contributed by atoms with E-state index in [1.165, 1.54) is 0 Å². The van der Waals surface area contributed by atoms with E-state index in [1.807, 2.05) is 55.5 Å². The molecule has 1 unspecified atom stereocenters. The lowest BCUT2D eigenvalue weighted by Crippen LogP contribution is -2.28. The molecule has 0 fully saturated rings. The fourth-order valence-corrected chi connectivity index (χ4v) is 2.35. The summed E-state index contributed by atoms with van der Waals surface area (Å²) in [7, 11) is 3.22. The molecule has 0 aliphatic carbocycles. The summed E-state index contributed by atoms with van der Waals surface area (Å²) in [6.07, 6.45) is 0. The van der Waals surface area contributed by atoms with Crippen LogP contribution < -0.4 is 9.47 Å². The van der Waals surface area contributed by atoms with Gasteiger partial charge in [0, 0.05) is 12.5 Å². The van der Waals surface area contributed by atoms with E-state index in [0.717, 1.165) is 22.6 Å². The molecule has 118 valence electrons. The van der Waals surface area contributed by atoms with Gasteiger partial charge >= 0.3 is 0 Å². The minimum Gasteiger partial charge on any atom is -0.497 e. The summed E-state index contributed by atoms with van der Waals surface area (Å²) in [5, 5.41) is 9.95. The molecule has 0 amide bonds. The fourth-order valence-electron chi connectivity index (χ4n) is 2.35. The van der Waals surface area contributed by atoms with Gasteiger partial charge in [-0.05, 0) is 42.3 Å². The molecule has 0 saturated heterocycles. The van der Waals surface area contributed by atoms with E-state index in [9.17, 15) is 5.11 Å². The van der Waals surface area contributed by atoms with Gasteiger partial charge in [0.25, 0.3) is 0 Å². The first kappa shape index (κ1) is 16.3. The number of methoxy groups -OCH3 is 2. The average molecular weight is 302 g/mol. The van der Waals surface area contributed by atoms with Gasteiger partial charge in [0.1, 0.15) is 11.5 Å². The van der Waals surface area contributed by atoms with Gasteiger partial charge in [-0.3, -0.25) is 0 Å². The lowest BCUT2D eigenvalue weighted by atomic mass is 9.77. The van der Waals surface area contributed by atoms with Crippen molar-refractivity contribution in [2.24, 2.45) is 0 Å². The Hall–Kier alpha value is -2.04. The van der Waals surface area contributed by atoms with Crippen molar-refractivity contribution in [1.29, 1.82) is 0 Å². The molecule has 1 N–H and O–H groups in total. The predicted octanol–water partition coefficient (Wildman–Crippen LogP) is 2.98. The highest BCUT2D eigenvalue weighted by atomic mass is 16.7. The van der Waals surface area contributed by atoms with E-state index in [0.29, 0.717) is 0 Å². The van der Waals surface area contributed by atoms with Gasteiger partial charge in [-0.2, -0.15) is 0 Å². The Bertz CT molecular complexity index is 577. The standard InChI is InChI=1S/C18H22O4/c1-18(12-19,14-4-8-16(21-3)9-5-14)15-6-10-17(11-7-15)22-13-20-2/h4-11,19H,12-13H2,1-3H3. The maximum Gasteiger partial charge on any atom is 0.188 e. The topological polar surface area (TPSA) is 47.9 Å². The number of benzene rings is 2.